The van der Waals surface area contributed by atoms with Gasteiger partial charge >= 0.3 is 0 Å². The normalized spacial score (nSPS) is 11.9. The van der Waals surface area contributed by atoms with Crippen molar-refractivity contribution in [2.24, 2.45) is 0 Å². The van der Waals surface area contributed by atoms with Crippen molar-refractivity contribution in [2.45, 2.75) is 25.9 Å². The molecule has 0 unspecified atom stereocenters. The van der Waals surface area contributed by atoms with E-state index in [1.807, 2.05) is 36.4 Å². The molecule has 0 aliphatic carbocycles. The molecule has 1 atom stereocenters. The van der Waals surface area contributed by atoms with E-state index >= 15 is 0 Å². The smallest absolute Gasteiger partial charge is 0.244 e. The van der Waals surface area contributed by atoms with Crippen LogP contribution in [0.4, 0.5) is 5.69 Å². The van der Waals surface area contributed by atoms with Crippen LogP contribution in [0.25, 0.3) is 0 Å². The van der Waals surface area contributed by atoms with Gasteiger partial charge in [-0.1, -0.05) is 60.1 Å². The van der Waals surface area contributed by atoms with Crippen LogP contribution in [0.1, 0.15) is 16.7 Å². The van der Waals surface area contributed by atoms with Gasteiger partial charge in [0.05, 0.1) is 19.1 Å². The Labute approximate surface area is 229 Å². The number of ether oxygens (including phenoxy) is 1. The van der Waals surface area contributed by atoms with Crippen molar-refractivity contribution < 1.29 is 22.7 Å². The second-order valence-electron chi connectivity index (χ2n) is 8.90. The number of aryl methyl sites for hydroxylation is 1. The van der Waals surface area contributed by atoms with E-state index in [0.29, 0.717) is 10.8 Å². The van der Waals surface area contributed by atoms with Crippen molar-refractivity contribution in [2.75, 3.05) is 31.3 Å². The molecular formula is C28H32ClN3O5S. The van der Waals surface area contributed by atoms with Gasteiger partial charge < -0.3 is 15.0 Å². The van der Waals surface area contributed by atoms with Crippen LogP contribution in [0.3, 0.4) is 0 Å². The molecule has 1 N–H and O–H groups in total. The van der Waals surface area contributed by atoms with Crippen LogP contribution in [0.15, 0.2) is 72.8 Å². The summed E-state index contributed by atoms with van der Waals surface area (Å²) in [5, 5.41) is 3.03. The first-order chi connectivity index (χ1) is 18.0. The van der Waals surface area contributed by atoms with Gasteiger partial charge in [-0.15, -0.1) is 0 Å². The highest BCUT2D eigenvalue weighted by molar-refractivity contribution is 7.92. The lowest BCUT2D eigenvalue weighted by molar-refractivity contribution is -0.139. The zero-order valence-electron chi connectivity index (χ0n) is 21.8. The number of sulfonamides is 1. The number of halogens is 1. The first-order valence-electron chi connectivity index (χ1n) is 11.9. The van der Waals surface area contributed by atoms with Gasteiger partial charge in [0, 0.05) is 25.0 Å². The zero-order chi connectivity index (χ0) is 27.9. The predicted octanol–water partition coefficient (Wildman–Crippen LogP) is 3.81. The fourth-order valence-electron chi connectivity index (χ4n) is 4.04. The van der Waals surface area contributed by atoms with Crippen LogP contribution in [-0.4, -0.2) is 58.1 Å². The van der Waals surface area contributed by atoms with E-state index in [1.54, 1.807) is 44.4 Å². The highest BCUT2D eigenvalue weighted by atomic mass is 35.5. The number of rotatable bonds is 11. The van der Waals surface area contributed by atoms with Crippen LogP contribution in [0, 0.1) is 6.92 Å². The van der Waals surface area contributed by atoms with Crippen LogP contribution in [0.5, 0.6) is 5.75 Å². The number of carbonyl (C=O) groups excluding carboxylic acids is 2. The number of carbonyl (C=O) groups is 2. The topological polar surface area (TPSA) is 96.0 Å². The third kappa shape index (κ3) is 7.49. The Bertz CT molecular complexity index is 1380. The number of nitrogens with zero attached hydrogens (tertiary/aromatic N) is 2. The molecule has 0 aromatic heterocycles. The number of amides is 2. The van der Waals surface area contributed by atoms with Crippen molar-refractivity contribution in [3.63, 3.8) is 0 Å². The molecule has 3 aromatic carbocycles. The molecule has 0 spiro atoms. The van der Waals surface area contributed by atoms with E-state index in [2.05, 4.69) is 5.32 Å². The molecule has 0 saturated carbocycles. The quantitative estimate of drug-likeness (QED) is 0.387. The van der Waals surface area contributed by atoms with Crippen LogP contribution in [0.2, 0.25) is 5.02 Å². The molecule has 0 aliphatic rings. The van der Waals surface area contributed by atoms with E-state index in [9.17, 15) is 18.0 Å². The van der Waals surface area contributed by atoms with Crippen LogP contribution in [-0.2, 0) is 32.6 Å². The van der Waals surface area contributed by atoms with Gasteiger partial charge in [-0.2, -0.15) is 0 Å². The molecule has 0 bridgehead atoms. The number of hydrogen-bond acceptors (Lipinski definition) is 5. The number of benzene rings is 3. The second kappa shape index (κ2) is 12.8. The molecule has 0 radical (unpaired) electrons. The van der Waals surface area contributed by atoms with Crippen molar-refractivity contribution >= 4 is 39.1 Å². The molecule has 3 aromatic rings. The lowest BCUT2D eigenvalue weighted by Crippen LogP contribution is -2.52. The van der Waals surface area contributed by atoms with Crippen LogP contribution < -0.4 is 14.4 Å². The van der Waals surface area contributed by atoms with E-state index in [4.69, 9.17) is 16.3 Å². The summed E-state index contributed by atoms with van der Waals surface area (Å²) in [4.78, 5) is 28.5. The number of nitrogens with one attached hydrogen (secondary N) is 1. The summed E-state index contributed by atoms with van der Waals surface area (Å²) >= 11 is 6.26. The molecular weight excluding hydrogens is 526 g/mol. The van der Waals surface area contributed by atoms with E-state index in [-0.39, 0.29) is 24.6 Å². The maximum atomic E-state index is 13.9. The highest BCUT2D eigenvalue weighted by Gasteiger charge is 2.32. The molecule has 202 valence electrons. The highest BCUT2D eigenvalue weighted by Crippen LogP contribution is 2.26. The minimum atomic E-state index is -3.86. The predicted molar refractivity (Wildman–Crippen MR) is 150 cm³/mol. The third-order valence-corrected chi connectivity index (χ3v) is 7.67. The van der Waals surface area contributed by atoms with E-state index in [0.717, 1.165) is 27.3 Å². The first-order valence-corrected chi connectivity index (χ1v) is 14.2. The Balaban J connectivity index is 2.04. The van der Waals surface area contributed by atoms with Gasteiger partial charge in [-0.25, -0.2) is 8.42 Å². The van der Waals surface area contributed by atoms with E-state index < -0.39 is 28.5 Å². The van der Waals surface area contributed by atoms with Gasteiger partial charge in [-0.05, 0) is 47.9 Å². The summed E-state index contributed by atoms with van der Waals surface area (Å²) in [7, 11) is -0.815. The first kappa shape index (κ1) is 29.0. The van der Waals surface area contributed by atoms with Crippen molar-refractivity contribution in [3.05, 3.63) is 94.5 Å². The Hall–Kier alpha value is -3.56. The average Bonchev–Trinajstić information content (AvgIpc) is 2.90. The second-order valence-corrected chi connectivity index (χ2v) is 11.2. The molecule has 8 nitrogen and oxygen atoms in total. The molecule has 0 saturated heterocycles. The van der Waals surface area contributed by atoms with Gasteiger partial charge in [0.25, 0.3) is 0 Å². The monoisotopic (exact) mass is 557 g/mol. The minimum absolute atomic E-state index is 0.0627. The Morgan fingerprint density at radius 1 is 1.00 bits per heavy atom. The average molecular weight is 558 g/mol. The standard InChI is InChI=1S/C28H32ClN3O5S/c1-20-13-14-23(17-25(20)29)32(38(4,35)36)19-27(33)31(18-22-11-8-12-24(15-22)37-3)26(28(34)30-2)16-21-9-6-5-7-10-21/h5-15,17,26H,16,18-19H2,1-4H3,(H,30,34)/t26-/m1/s1. The van der Waals surface area contributed by atoms with Crippen molar-refractivity contribution in [1.29, 1.82) is 0 Å². The molecule has 0 heterocycles. The van der Waals surface area contributed by atoms with Gasteiger partial charge in [0.2, 0.25) is 21.8 Å². The fourth-order valence-corrected chi connectivity index (χ4v) is 5.05. The van der Waals surface area contributed by atoms with Gasteiger partial charge in [-0.3, -0.25) is 13.9 Å². The molecule has 2 amide bonds. The SMILES string of the molecule is CNC(=O)[C@@H](Cc1ccccc1)N(Cc1cccc(OC)c1)C(=O)CN(c1ccc(C)c(Cl)c1)S(C)(=O)=O. The fraction of sp³-hybridized carbons (Fsp3) is 0.286. The maximum Gasteiger partial charge on any atom is 0.244 e. The summed E-state index contributed by atoms with van der Waals surface area (Å²) in [6, 6.07) is 20.4. The summed E-state index contributed by atoms with van der Waals surface area (Å²) in [6.45, 7) is 1.35. The van der Waals surface area contributed by atoms with Gasteiger partial charge in [0.15, 0.2) is 0 Å². The Kier molecular flexibility index (Phi) is 9.77. The number of hydrogen-bond donors (Lipinski definition) is 1. The lowest BCUT2D eigenvalue weighted by atomic mass is 10.0. The number of methoxy groups -OCH3 is 1. The largest absolute Gasteiger partial charge is 0.497 e. The van der Waals surface area contributed by atoms with Gasteiger partial charge in [0.1, 0.15) is 18.3 Å². The molecule has 10 heteroatoms. The Morgan fingerprint density at radius 3 is 2.29 bits per heavy atom. The summed E-state index contributed by atoms with van der Waals surface area (Å²) in [6.07, 6.45) is 1.27. The van der Waals surface area contributed by atoms with Crippen molar-refractivity contribution in [3.8, 4) is 5.75 Å². The minimum Gasteiger partial charge on any atom is -0.497 e. The molecule has 0 aliphatic heterocycles. The van der Waals surface area contributed by atoms with E-state index in [1.165, 1.54) is 18.0 Å². The van der Waals surface area contributed by atoms with Crippen molar-refractivity contribution in [1.82, 2.24) is 10.2 Å². The number of anilines is 1. The molecule has 0 fully saturated rings. The maximum absolute atomic E-state index is 13.9. The third-order valence-electron chi connectivity index (χ3n) is 6.13. The number of likely N-dealkylation sites (N-methyl/N-ethyl adjacent to an activating group) is 1. The summed E-state index contributed by atoms with van der Waals surface area (Å²) in [5.41, 5.74) is 2.62. The molecule has 38 heavy (non-hydrogen) atoms. The van der Waals surface area contributed by atoms with Crippen LogP contribution >= 0.6 is 11.6 Å². The summed E-state index contributed by atoms with van der Waals surface area (Å²) in [5.74, 6) is -0.310. The lowest BCUT2D eigenvalue weighted by Gasteiger charge is -2.33. The zero-order valence-corrected chi connectivity index (χ0v) is 23.4. The summed E-state index contributed by atoms with van der Waals surface area (Å²) < 4.78 is 31.9. The molecule has 3 rings (SSSR count). The Morgan fingerprint density at radius 2 is 1.68 bits per heavy atom.